The Kier molecular flexibility index (Phi) is 0.944. The van der Waals surface area contributed by atoms with E-state index in [4.69, 9.17) is 13.0 Å². The summed E-state index contributed by atoms with van der Waals surface area (Å²) in [4.78, 5) is 6.88. The van der Waals surface area contributed by atoms with Crippen LogP contribution in [0.15, 0.2) is 24.5 Å². The number of aromatic nitrogens is 2. The summed E-state index contributed by atoms with van der Waals surface area (Å²) in [6, 6.07) is 2.07. The Bertz CT molecular complexity index is 396. The van der Waals surface area contributed by atoms with Gasteiger partial charge in [0.25, 0.3) is 0 Å². The van der Waals surface area contributed by atoms with Crippen LogP contribution in [0.3, 0.4) is 0 Å². The highest BCUT2D eigenvalue weighted by Gasteiger charge is 1.97. The van der Waals surface area contributed by atoms with Gasteiger partial charge in [0, 0.05) is 17.8 Å². The Hall–Kier alpha value is -1.02. The van der Waals surface area contributed by atoms with Crippen molar-refractivity contribution in [1.29, 1.82) is 0 Å². The molecule has 0 radical (unpaired) electrons. The number of H-pyrrole nitrogens is 1. The molecule has 0 saturated heterocycles. The summed E-state index contributed by atoms with van der Waals surface area (Å²) in [5.41, 5.74) is 0.728. The summed E-state index contributed by atoms with van der Waals surface area (Å²) in [6.07, 6.45) is 3.18. The number of rotatable bonds is 0. The zero-order valence-electron chi connectivity index (χ0n) is 6.06. The standard InChI is InChI=1S/C7H5ClN2/c8-6-2-4-10-7-5(6)1-3-9-7/h1-4H,(H,9,10)/i2T. The van der Waals surface area contributed by atoms with E-state index in [9.17, 15) is 0 Å². The van der Waals surface area contributed by atoms with Gasteiger partial charge in [-0.3, -0.25) is 0 Å². The molecule has 0 fully saturated rings. The van der Waals surface area contributed by atoms with Crippen molar-refractivity contribution in [3.05, 3.63) is 29.5 Å². The lowest BCUT2D eigenvalue weighted by Gasteiger charge is -1.89. The smallest absolute Gasteiger partial charge is 0.138 e. The van der Waals surface area contributed by atoms with Crippen molar-refractivity contribution in [3.63, 3.8) is 0 Å². The second-order valence-electron chi connectivity index (χ2n) is 1.96. The van der Waals surface area contributed by atoms with E-state index in [0.29, 0.717) is 5.02 Å². The maximum absolute atomic E-state index is 7.33. The largest absolute Gasteiger partial charge is 0.346 e. The number of pyridine rings is 1. The Balaban J connectivity index is 2.93. The first-order chi connectivity index (χ1) is 5.29. The van der Waals surface area contributed by atoms with Crippen LogP contribution >= 0.6 is 11.6 Å². The highest BCUT2D eigenvalue weighted by atomic mass is 35.5. The molecule has 0 amide bonds. The summed E-state index contributed by atoms with van der Waals surface area (Å²) < 4.78 is 7.33. The summed E-state index contributed by atoms with van der Waals surface area (Å²) in [6.45, 7) is 0. The third kappa shape index (κ3) is 0.693. The molecule has 0 aliphatic heterocycles. The zero-order chi connectivity index (χ0) is 7.84. The predicted molar refractivity (Wildman–Crippen MR) is 41.1 cm³/mol. The fourth-order valence-electron chi connectivity index (χ4n) is 0.876. The van der Waals surface area contributed by atoms with Crippen LogP contribution in [0.25, 0.3) is 11.0 Å². The zero-order valence-corrected chi connectivity index (χ0v) is 5.81. The van der Waals surface area contributed by atoms with Crippen LogP contribution in [0.1, 0.15) is 1.37 Å². The Morgan fingerprint density at radius 3 is 3.50 bits per heavy atom. The third-order valence-electron chi connectivity index (χ3n) is 1.35. The Morgan fingerprint density at radius 1 is 1.70 bits per heavy atom. The number of aromatic amines is 1. The van der Waals surface area contributed by atoms with E-state index in [1.54, 1.807) is 6.20 Å². The molecular formula is C7H5ClN2. The van der Waals surface area contributed by atoms with Crippen molar-refractivity contribution in [2.45, 2.75) is 0 Å². The molecule has 10 heavy (non-hydrogen) atoms. The van der Waals surface area contributed by atoms with Crippen molar-refractivity contribution in [3.8, 4) is 0 Å². The fourth-order valence-corrected chi connectivity index (χ4v) is 1.08. The van der Waals surface area contributed by atoms with Gasteiger partial charge < -0.3 is 4.98 Å². The summed E-state index contributed by atoms with van der Waals surface area (Å²) in [5.74, 6) is 0. The van der Waals surface area contributed by atoms with Crippen molar-refractivity contribution >= 4 is 22.6 Å². The molecule has 2 aromatic heterocycles. The van der Waals surface area contributed by atoms with Crippen LogP contribution in [0.5, 0.6) is 0 Å². The van der Waals surface area contributed by atoms with Crippen molar-refractivity contribution in [2.24, 2.45) is 0 Å². The lowest BCUT2D eigenvalue weighted by Crippen LogP contribution is -1.73. The number of nitrogens with one attached hydrogen (secondary N) is 1. The topological polar surface area (TPSA) is 28.7 Å². The van der Waals surface area contributed by atoms with Crippen LogP contribution < -0.4 is 0 Å². The van der Waals surface area contributed by atoms with E-state index in [-0.39, 0.29) is 6.04 Å². The van der Waals surface area contributed by atoms with Gasteiger partial charge in [-0.2, -0.15) is 0 Å². The van der Waals surface area contributed by atoms with Gasteiger partial charge in [-0.15, -0.1) is 0 Å². The third-order valence-corrected chi connectivity index (χ3v) is 1.66. The van der Waals surface area contributed by atoms with E-state index >= 15 is 0 Å². The second-order valence-corrected chi connectivity index (χ2v) is 2.33. The minimum atomic E-state index is 0.263. The average molecular weight is 155 g/mol. The second kappa shape index (κ2) is 1.99. The molecule has 50 valence electrons. The van der Waals surface area contributed by atoms with Gasteiger partial charge in [0.1, 0.15) is 5.65 Å². The molecule has 0 saturated carbocycles. The average Bonchev–Trinajstić information content (AvgIpc) is 2.45. The van der Waals surface area contributed by atoms with Gasteiger partial charge in [0.15, 0.2) is 0 Å². The van der Waals surface area contributed by atoms with Crippen molar-refractivity contribution < 1.29 is 1.37 Å². The maximum atomic E-state index is 7.33. The molecule has 0 aliphatic rings. The SMILES string of the molecule is [3H]c1cnc2[nH]ccc2c1Cl. The van der Waals surface area contributed by atoms with E-state index < -0.39 is 0 Å². The molecule has 0 aromatic carbocycles. The number of fused-ring (bicyclic) bond motifs is 1. The van der Waals surface area contributed by atoms with Gasteiger partial charge in [0.05, 0.1) is 6.39 Å². The monoisotopic (exact) mass is 154 g/mol. The predicted octanol–water partition coefficient (Wildman–Crippen LogP) is 2.22. The number of hydrogen-bond donors (Lipinski definition) is 1. The number of halogens is 1. The van der Waals surface area contributed by atoms with Gasteiger partial charge in [-0.05, 0) is 12.1 Å². The van der Waals surface area contributed by atoms with Gasteiger partial charge in [0.2, 0.25) is 0 Å². The summed E-state index contributed by atoms with van der Waals surface area (Å²) in [5, 5.41) is 1.26. The summed E-state index contributed by atoms with van der Waals surface area (Å²) >= 11 is 5.82. The molecule has 0 atom stereocenters. The van der Waals surface area contributed by atoms with Crippen molar-refractivity contribution in [2.75, 3.05) is 0 Å². The molecule has 0 aliphatic carbocycles. The Morgan fingerprint density at radius 2 is 2.60 bits per heavy atom. The Labute approximate surface area is 64.3 Å². The van der Waals surface area contributed by atoms with Gasteiger partial charge >= 0.3 is 0 Å². The molecule has 2 nitrogen and oxygen atoms in total. The highest BCUT2D eigenvalue weighted by molar-refractivity contribution is 6.35. The lowest BCUT2D eigenvalue weighted by atomic mass is 10.3. The molecule has 1 N–H and O–H groups in total. The number of nitrogens with zero attached hydrogens (tertiary/aromatic N) is 1. The van der Waals surface area contributed by atoms with E-state index in [1.807, 2.05) is 6.07 Å². The molecule has 0 unspecified atom stereocenters. The van der Waals surface area contributed by atoms with E-state index in [0.717, 1.165) is 11.0 Å². The molecule has 2 aromatic rings. The van der Waals surface area contributed by atoms with Crippen molar-refractivity contribution in [1.82, 2.24) is 9.97 Å². The molecule has 2 heterocycles. The molecule has 2 rings (SSSR count). The van der Waals surface area contributed by atoms with Crippen LogP contribution in [0.4, 0.5) is 0 Å². The minimum absolute atomic E-state index is 0.263. The molecule has 3 heteroatoms. The first-order valence-electron chi connectivity index (χ1n) is 3.37. The first-order valence-corrected chi connectivity index (χ1v) is 3.25. The van der Waals surface area contributed by atoms with E-state index in [1.165, 1.54) is 6.20 Å². The lowest BCUT2D eigenvalue weighted by molar-refractivity contribution is 1.33. The van der Waals surface area contributed by atoms with Crippen LogP contribution in [-0.2, 0) is 0 Å². The fraction of sp³-hybridized carbons (Fsp3) is 0. The van der Waals surface area contributed by atoms with Crippen LogP contribution in [0.2, 0.25) is 5.02 Å². The maximum Gasteiger partial charge on any atom is 0.138 e. The van der Waals surface area contributed by atoms with E-state index in [2.05, 4.69) is 9.97 Å². The van der Waals surface area contributed by atoms with Crippen LogP contribution in [-0.4, -0.2) is 9.97 Å². The van der Waals surface area contributed by atoms with Gasteiger partial charge in [-0.25, -0.2) is 4.98 Å². The first kappa shape index (κ1) is 4.74. The molecular weight excluding hydrogens is 148 g/mol. The quantitative estimate of drug-likeness (QED) is 0.619. The highest BCUT2D eigenvalue weighted by Crippen LogP contribution is 2.19. The number of hydrogen-bond acceptors (Lipinski definition) is 1. The molecule has 0 bridgehead atoms. The van der Waals surface area contributed by atoms with Crippen LogP contribution in [0, 0.1) is 0 Å². The molecule has 0 spiro atoms. The minimum Gasteiger partial charge on any atom is -0.346 e. The normalized spacial score (nSPS) is 11.9. The van der Waals surface area contributed by atoms with Gasteiger partial charge in [-0.1, -0.05) is 11.6 Å². The summed E-state index contributed by atoms with van der Waals surface area (Å²) in [7, 11) is 0.